The van der Waals surface area contributed by atoms with E-state index in [2.05, 4.69) is 4.74 Å². The third-order valence-corrected chi connectivity index (χ3v) is 1.91. The molecule has 0 aromatic heterocycles. The van der Waals surface area contributed by atoms with Crippen LogP contribution in [0, 0.1) is 0 Å². The number of aliphatic hydroxyl groups is 1. The number of benzene rings is 1. The molecule has 17 heavy (non-hydrogen) atoms. The third kappa shape index (κ3) is 5.76. The first-order chi connectivity index (χ1) is 7.42. The molecule has 0 spiro atoms. The summed E-state index contributed by atoms with van der Waals surface area (Å²) in [7, 11) is 0. The highest BCUT2D eigenvalue weighted by molar-refractivity contribution is 5.85. The molecule has 0 aliphatic rings. The van der Waals surface area contributed by atoms with Crippen molar-refractivity contribution in [2.24, 2.45) is 5.73 Å². The predicted molar refractivity (Wildman–Crippen MR) is 59.1 cm³/mol. The van der Waals surface area contributed by atoms with Gasteiger partial charge < -0.3 is 15.6 Å². The maximum Gasteiger partial charge on any atom is 0.573 e. The summed E-state index contributed by atoms with van der Waals surface area (Å²) >= 11 is 0. The Balaban J connectivity index is 0.00000256. The van der Waals surface area contributed by atoms with Gasteiger partial charge in [-0.2, -0.15) is 0 Å². The highest BCUT2D eigenvalue weighted by atomic mass is 35.5. The first kappa shape index (κ1) is 16.0. The number of hydrogen-bond acceptors (Lipinski definition) is 3. The first-order valence-corrected chi connectivity index (χ1v) is 4.62. The highest BCUT2D eigenvalue weighted by Gasteiger charge is 2.32. The fourth-order valence-electron chi connectivity index (χ4n) is 1.24. The Labute approximate surface area is 103 Å². The van der Waals surface area contributed by atoms with Crippen molar-refractivity contribution in [3.05, 3.63) is 29.8 Å². The Bertz CT molecular complexity index is 347. The summed E-state index contributed by atoms with van der Waals surface area (Å²) < 4.78 is 40.0. The zero-order chi connectivity index (χ0) is 12.2. The zero-order valence-corrected chi connectivity index (χ0v) is 9.59. The fourth-order valence-corrected chi connectivity index (χ4v) is 1.24. The van der Waals surface area contributed by atoms with Gasteiger partial charge in [-0.15, -0.1) is 25.6 Å². The summed E-state index contributed by atoms with van der Waals surface area (Å²) in [5.74, 6) is -0.279. The fraction of sp³-hybridized carbons (Fsp3) is 0.400. The molecule has 1 unspecified atom stereocenters. The monoisotopic (exact) mass is 271 g/mol. The maximum absolute atomic E-state index is 12.0. The molecule has 0 heterocycles. The van der Waals surface area contributed by atoms with Gasteiger partial charge in [0.25, 0.3) is 0 Å². The third-order valence-electron chi connectivity index (χ3n) is 1.91. The van der Waals surface area contributed by atoms with Gasteiger partial charge in [-0.1, -0.05) is 18.2 Å². The van der Waals surface area contributed by atoms with Crippen molar-refractivity contribution in [3.63, 3.8) is 0 Å². The van der Waals surface area contributed by atoms with E-state index < -0.39 is 12.4 Å². The number of alkyl halides is 3. The molecule has 0 aliphatic heterocycles. The Morgan fingerprint density at radius 3 is 2.41 bits per heavy atom. The minimum Gasteiger partial charge on any atom is -0.406 e. The van der Waals surface area contributed by atoms with Crippen LogP contribution in [0.3, 0.4) is 0 Å². The molecule has 1 rings (SSSR count). The van der Waals surface area contributed by atoms with E-state index in [1.165, 1.54) is 18.2 Å². The molecule has 0 amide bonds. The molecular weight excluding hydrogens is 259 g/mol. The van der Waals surface area contributed by atoms with Crippen LogP contribution in [0.1, 0.15) is 5.56 Å². The van der Waals surface area contributed by atoms with Gasteiger partial charge in [0, 0.05) is 6.04 Å². The molecule has 1 atom stereocenters. The lowest BCUT2D eigenvalue weighted by Crippen LogP contribution is -2.27. The molecule has 1 aromatic rings. The van der Waals surface area contributed by atoms with Crippen LogP contribution in [0.15, 0.2) is 24.3 Å². The smallest absolute Gasteiger partial charge is 0.406 e. The Kier molecular flexibility index (Phi) is 6.30. The molecule has 0 aliphatic carbocycles. The van der Waals surface area contributed by atoms with Gasteiger partial charge in [0.05, 0.1) is 6.61 Å². The van der Waals surface area contributed by atoms with E-state index >= 15 is 0 Å². The molecule has 3 N–H and O–H groups in total. The van der Waals surface area contributed by atoms with Crippen molar-refractivity contribution < 1.29 is 23.0 Å². The molecule has 3 nitrogen and oxygen atoms in total. The SMILES string of the molecule is Cl.NC(CO)Cc1ccccc1OC(F)(F)F. The Hall–Kier alpha value is -0.980. The van der Waals surface area contributed by atoms with Crippen LogP contribution in [0.5, 0.6) is 5.75 Å². The van der Waals surface area contributed by atoms with Crippen LogP contribution in [0.25, 0.3) is 0 Å². The summed E-state index contributed by atoms with van der Waals surface area (Å²) in [6, 6.07) is 5.12. The second-order valence-corrected chi connectivity index (χ2v) is 3.30. The molecule has 0 bridgehead atoms. The summed E-state index contributed by atoms with van der Waals surface area (Å²) in [6.45, 7) is -0.291. The van der Waals surface area contributed by atoms with Crippen molar-refractivity contribution in [2.75, 3.05) is 6.61 Å². The van der Waals surface area contributed by atoms with Crippen LogP contribution in [-0.2, 0) is 6.42 Å². The van der Waals surface area contributed by atoms with Gasteiger partial charge in [-0.3, -0.25) is 0 Å². The first-order valence-electron chi connectivity index (χ1n) is 4.62. The van der Waals surface area contributed by atoms with Gasteiger partial charge in [-0.05, 0) is 18.1 Å². The van der Waals surface area contributed by atoms with Crippen molar-refractivity contribution in [2.45, 2.75) is 18.8 Å². The van der Waals surface area contributed by atoms with Gasteiger partial charge in [0.2, 0.25) is 0 Å². The van der Waals surface area contributed by atoms with Crippen molar-refractivity contribution >= 4 is 12.4 Å². The van der Waals surface area contributed by atoms with Crippen molar-refractivity contribution in [1.29, 1.82) is 0 Å². The number of rotatable bonds is 4. The summed E-state index contributed by atoms with van der Waals surface area (Å²) in [5, 5.41) is 8.73. The van der Waals surface area contributed by atoms with E-state index in [-0.39, 0.29) is 31.2 Å². The molecule has 1 aromatic carbocycles. The number of aliphatic hydroxyl groups excluding tert-OH is 1. The van der Waals surface area contributed by atoms with E-state index in [1.54, 1.807) is 6.07 Å². The largest absolute Gasteiger partial charge is 0.573 e. The van der Waals surface area contributed by atoms with E-state index in [1.807, 2.05) is 0 Å². The Morgan fingerprint density at radius 1 is 1.29 bits per heavy atom. The maximum atomic E-state index is 12.0. The lowest BCUT2D eigenvalue weighted by molar-refractivity contribution is -0.274. The molecule has 0 saturated heterocycles. The summed E-state index contributed by atoms with van der Waals surface area (Å²) in [6.07, 6.45) is -4.60. The van der Waals surface area contributed by atoms with E-state index in [4.69, 9.17) is 10.8 Å². The molecule has 98 valence electrons. The van der Waals surface area contributed by atoms with E-state index in [9.17, 15) is 13.2 Å². The van der Waals surface area contributed by atoms with Crippen LogP contribution < -0.4 is 10.5 Å². The quantitative estimate of drug-likeness (QED) is 0.879. The average molecular weight is 272 g/mol. The second kappa shape index (κ2) is 6.68. The van der Waals surface area contributed by atoms with Crippen LogP contribution in [0.4, 0.5) is 13.2 Å². The number of halogens is 4. The van der Waals surface area contributed by atoms with Crippen LogP contribution in [-0.4, -0.2) is 24.1 Å². The molecule has 0 fully saturated rings. The lowest BCUT2D eigenvalue weighted by atomic mass is 10.1. The van der Waals surface area contributed by atoms with E-state index in [0.717, 1.165) is 0 Å². The molecule has 7 heteroatoms. The minimum absolute atomic E-state index is 0. The second-order valence-electron chi connectivity index (χ2n) is 3.30. The van der Waals surface area contributed by atoms with Gasteiger partial charge in [0.1, 0.15) is 5.75 Å². The van der Waals surface area contributed by atoms with E-state index in [0.29, 0.717) is 5.56 Å². The average Bonchev–Trinajstić information content (AvgIpc) is 2.18. The lowest BCUT2D eigenvalue weighted by Gasteiger charge is -2.14. The zero-order valence-electron chi connectivity index (χ0n) is 8.78. The normalized spacial score (nSPS) is 12.8. The standard InChI is InChI=1S/C10H12F3NO2.ClH/c11-10(12,13)16-9-4-2-1-3-7(9)5-8(14)6-15;/h1-4,8,15H,5-6,14H2;1H. The molecule has 0 saturated carbocycles. The van der Waals surface area contributed by atoms with Crippen LogP contribution >= 0.6 is 12.4 Å². The number of para-hydroxylation sites is 1. The number of hydrogen-bond donors (Lipinski definition) is 2. The molecule has 0 radical (unpaired) electrons. The number of ether oxygens (including phenoxy) is 1. The van der Waals surface area contributed by atoms with Crippen LogP contribution in [0.2, 0.25) is 0 Å². The summed E-state index contributed by atoms with van der Waals surface area (Å²) in [4.78, 5) is 0. The van der Waals surface area contributed by atoms with Gasteiger partial charge >= 0.3 is 6.36 Å². The highest BCUT2D eigenvalue weighted by Crippen LogP contribution is 2.26. The molecular formula is C10H13ClF3NO2. The number of nitrogens with two attached hydrogens (primary N) is 1. The minimum atomic E-state index is -4.72. The topological polar surface area (TPSA) is 55.5 Å². The predicted octanol–water partition coefficient (Wildman–Crippen LogP) is 1.87. The summed E-state index contributed by atoms with van der Waals surface area (Å²) in [5.41, 5.74) is 5.77. The Morgan fingerprint density at radius 2 is 1.88 bits per heavy atom. The van der Waals surface area contributed by atoms with Gasteiger partial charge in [0.15, 0.2) is 0 Å². The van der Waals surface area contributed by atoms with Crippen molar-refractivity contribution in [3.8, 4) is 5.75 Å². The van der Waals surface area contributed by atoms with Gasteiger partial charge in [-0.25, -0.2) is 0 Å². The van der Waals surface area contributed by atoms with Crippen molar-refractivity contribution in [1.82, 2.24) is 0 Å².